The summed E-state index contributed by atoms with van der Waals surface area (Å²) in [6.07, 6.45) is -1.79. The van der Waals surface area contributed by atoms with Gasteiger partial charge in [-0.3, -0.25) is 9.59 Å². The van der Waals surface area contributed by atoms with Gasteiger partial charge in [0.1, 0.15) is 18.1 Å². The molecule has 0 saturated heterocycles. The summed E-state index contributed by atoms with van der Waals surface area (Å²) in [6, 6.07) is 6.74. The molecule has 1 aliphatic rings. The largest absolute Gasteiger partial charge is 0.486 e. The maximum absolute atomic E-state index is 13.6. The molecule has 0 atom stereocenters. The van der Waals surface area contributed by atoms with E-state index in [-0.39, 0.29) is 52.9 Å². The van der Waals surface area contributed by atoms with Crippen molar-refractivity contribution in [2.45, 2.75) is 57.2 Å². The van der Waals surface area contributed by atoms with Crippen molar-refractivity contribution >= 4 is 34.9 Å². The van der Waals surface area contributed by atoms with E-state index in [1.54, 1.807) is 0 Å². The smallest absolute Gasteiger partial charge is 0.417 e. The number of halogens is 7. The molecule has 208 valence electrons. The number of Topliss-reactive ketones (excluding diaryl/α,β-unsaturated/α-hetero) is 1. The average Bonchev–Trinajstić information content (AvgIpc) is 2.83. The second-order valence-electron chi connectivity index (χ2n) is 9.27. The molecule has 0 aliphatic heterocycles. The highest BCUT2D eigenvalue weighted by molar-refractivity contribution is 6.31. The van der Waals surface area contributed by atoms with Gasteiger partial charge in [-0.25, -0.2) is 8.78 Å². The summed E-state index contributed by atoms with van der Waals surface area (Å²) in [5.41, 5.74) is -1.43. The van der Waals surface area contributed by atoms with Crippen LogP contribution in [0.2, 0.25) is 10.0 Å². The molecule has 2 aromatic rings. The molecular weight excluding hydrogens is 556 g/mol. The predicted molar refractivity (Wildman–Crippen MR) is 132 cm³/mol. The number of rotatable bonds is 10. The highest BCUT2D eigenvalue weighted by atomic mass is 35.5. The minimum atomic E-state index is -4.64. The van der Waals surface area contributed by atoms with Crippen LogP contribution in [0, 0.1) is 5.92 Å². The van der Waals surface area contributed by atoms with Gasteiger partial charge in [0.15, 0.2) is 12.4 Å². The first-order valence-electron chi connectivity index (χ1n) is 11.8. The van der Waals surface area contributed by atoms with Gasteiger partial charge < -0.3 is 14.8 Å². The summed E-state index contributed by atoms with van der Waals surface area (Å²) >= 11 is 11.4. The summed E-state index contributed by atoms with van der Waals surface area (Å²) < 4.78 is 76.7. The SMILES string of the molecule is CC(F)(F)c1cc(OCC(=O)CC2CCC(NC(=O)COc3ccc(Cl)c(C(F)(F)F)c3)CC2)ccc1Cl. The lowest BCUT2D eigenvalue weighted by Gasteiger charge is -2.28. The summed E-state index contributed by atoms with van der Waals surface area (Å²) in [5.74, 6) is -3.70. The summed E-state index contributed by atoms with van der Waals surface area (Å²) in [6.45, 7) is 0.0117. The van der Waals surface area contributed by atoms with Crippen molar-refractivity contribution in [2.75, 3.05) is 13.2 Å². The van der Waals surface area contributed by atoms with Crippen LogP contribution in [-0.4, -0.2) is 30.9 Å². The van der Waals surface area contributed by atoms with Crippen LogP contribution in [-0.2, 0) is 21.7 Å². The fourth-order valence-corrected chi connectivity index (χ4v) is 4.72. The minimum Gasteiger partial charge on any atom is -0.486 e. The van der Waals surface area contributed by atoms with Crippen molar-refractivity contribution < 1.29 is 41.0 Å². The van der Waals surface area contributed by atoms with Gasteiger partial charge in [-0.15, -0.1) is 0 Å². The Balaban J connectivity index is 1.38. The van der Waals surface area contributed by atoms with Crippen LogP contribution < -0.4 is 14.8 Å². The first kappa shape index (κ1) is 30.0. The molecule has 0 aromatic heterocycles. The zero-order valence-corrected chi connectivity index (χ0v) is 21.9. The van der Waals surface area contributed by atoms with Crippen LogP contribution in [0.25, 0.3) is 0 Å². The number of ketones is 1. The van der Waals surface area contributed by atoms with Gasteiger partial charge in [0.2, 0.25) is 0 Å². The van der Waals surface area contributed by atoms with Crippen molar-refractivity contribution in [3.05, 3.63) is 57.6 Å². The number of amides is 1. The Kier molecular flexibility index (Phi) is 9.86. The highest BCUT2D eigenvalue weighted by Crippen LogP contribution is 2.37. The van der Waals surface area contributed by atoms with E-state index in [1.807, 2.05) is 0 Å². The molecule has 1 saturated carbocycles. The fraction of sp³-hybridized carbons (Fsp3) is 0.462. The normalized spacial score (nSPS) is 18.1. The molecule has 1 amide bonds. The summed E-state index contributed by atoms with van der Waals surface area (Å²) in [5, 5.41) is 2.24. The third kappa shape index (κ3) is 8.73. The summed E-state index contributed by atoms with van der Waals surface area (Å²) in [4.78, 5) is 24.6. The Morgan fingerprint density at radius 1 is 0.868 bits per heavy atom. The van der Waals surface area contributed by atoms with E-state index < -0.39 is 35.2 Å². The number of hydrogen-bond donors (Lipinski definition) is 1. The Morgan fingerprint density at radius 3 is 1.95 bits per heavy atom. The average molecular weight is 582 g/mol. The molecular formula is C26H26Cl2F5NO4. The number of carbonyl (C=O) groups is 2. The topological polar surface area (TPSA) is 64.6 Å². The van der Waals surface area contributed by atoms with E-state index in [1.165, 1.54) is 18.2 Å². The lowest BCUT2D eigenvalue weighted by Crippen LogP contribution is -2.40. The Labute approximate surface area is 226 Å². The second kappa shape index (κ2) is 12.5. The van der Waals surface area contributed by atoms with Gasteiger partial charge in [0.05, 0.1) is 10.6 Å². The summed E-state index contributed by atoms with van der Waals surface area (Å²) in [7, 11) is 0. The third-order valence-electron chi connectivity index (χ3n) is 6.15. The van der Waals surface area contributed by atoms with Gasteiger partial charge in [0.25, 0.3) is 11.8 Å². The fourth-order valence-electron chi connectivity index (χ4n) is 4.22. The first-order chi connectivity index (χ1) is 17.7. The number of hydrogen-bond acceptors (Lipinski definition) is 4. The van der Waals surface area contributed by atoms with Crippen molar-refractivity contribution in [1.29, 1.82) is 0 Å². The van der Waals surface area contributed by atoms with E-state index >= 15 is 0 Å². The zero-order valence-electron chi connectivity index (χ0n) is 20.3. The number of nitrogens with one attached hydrogen (secondary N) is 1. The van der Waals surface area contributed by atoms with Gasteiger partial charge >= 0.3 is 6.18 Å². The number of alkyl halides is 5. The van der Waals surface area contributed by atoms with Gasteiger partial charge in [-0.05, 0) is 68.0 Å². The van der Waals surface area contributed by atoms with Crippen LogP contribution in [0.4, 0.5) is 22.0 Å². The number of carbonyl (C=O) groups excluding carboxylic acids is 2. The molecule has 0 bridgehead atoms. The molecule has 12 heteroatoms. The molecule has 1 N–H and O–H groups in total. The minimum absolute atomic E-state index is 0.0890. The molecule has 2 aromatic carbocycles. The maximum Gasteiger partial charge on any atom is 0.417 e. The van der Waals surface area contributed by atoms with E-state index in [9.17, 15) is 31.5 Å². The number of benzene rings is 2. The monoisotopic (exact) mass is 581 g/mol. The molecule has 0 heterocycles. The maximum atomic E-state index is 13.6. The van der Waals surface area contributed by atoms with Gasteiger partial charge in [0, 0.05) is 30.0 Å². The van der Waals surface area contributed by atoms with Crippen LogP contribution >= 0.6 is 23.2 Å². The molecule has 38 heavy (non-hydrogen) atoms. The van der Waals surface area contributed by atoms with Gasteiger partial charge in [-0.2, -0.15) is 13.2 Å². The predicted octanol–water partition coefficient (Wildman–Crippen LogP) is 7.22. The molecule has 0 spiro atoms. The molecule has 1 fully saturated rings. The lowest BCUT2D eigenvalue weighted by atomic mass is 9.83. The van der Waals surface area contributed by atoms with Crippen LogP contribution in [0.5, 0.6) is 11.5 Å². The zero-order chi connectivity index (χ0) is 28.1. The Bertz CT molecular complexity index is 1060. The van der Waals surface area contributed by atoms with Crippen LogP contribution in [0.1, 0.15) is 50.2 Å². The van der Waals surface area contributed by atoms with E-state index in [2.05, 4.69) is 5.32 Å². The quantitative estimate of drug-likeness (QED) is 0.301. The van der Waals surface area contributed by atoms with E-state index in [0.29, 0.717) is 25.7 Å². The van der Waals surface area contributed by atoms with Crippen molar-refractivity contribution in [2.24, 2.45) is 5.92 Å². The van der Waals surface area contributed by atoms with Crippen LogP contribution in [0.3, 0.4) is 0 Å². The van der Waals surface area contributed by atoms with Crippen molar-refractivity contribution in [1.82, 2.24) is 5.32 Å². The van der Waals surface area contributed by atoms with Crippen molar-refractivity contribution in [3.8, 4) is 11.5 Å². The molecule has 1 aliphatic carbocycles. The van der Waals surface area contributed by atoms with Crippen LogP contribution in [0.15, 0.2) is 36.4 Å². The van der Waals surface area contributed by atoms with E-state index in [4.69, 9.17) is 32.7 Å². The highest BCUT2D eigenvalue weighted by Gasteiger charge is 2.34. The molecule has 0 radical (unpaired) electrons. The standard InChI is InChI=1S/C26H26Cl2F5NO4/c1-25(29,30)20-11-18(6-8-22(20)27)37-13-17(35)10-15-2-4-16(5-3-15)34-24(36)14-38-19-7-9-23(28)21(12-19)26(31,32)33/h6-9,11-12,15-16H,2-5,10,13-14H2,1H3,(H,34,36). The Morgan fingerprint density at radius 2 is 1.39 bits per heavy atom. The third-order valence-corrected chi connectivity index (χ3v) is 6.81. The lowest BCUT2D eigenvalue weighted by molar-refractivity contribution is -0.137. The second-order valence-corrected chi connectivity index (χ2v) is 10.1. The molecule has 5 nitrogen and oxygen atoms in total. The first-order valence-corrected chi connectivity index (χ1v) is 12.6. The van der Waals surface area contributed by atoms with E-state index in [0.717, 1.165) is 25.1 Å². The van der Waals surface area contributed by atoms with Crippen molar-refractivity contribution in [3.63, 3.8) is 0 Å². The van der Waals surface area contributed by atoms with Gasteiger partial charge in [-0.1, -0.05) is 23.2 Å². The Hall–Kier alpha value is -2.59. The molecule has 3 rings (SSSR count). The number of ether oxygens (including phenoxy) is 2. The molecule has 0 unspecified atom stereocenters.